The third-order valence-electron chi connectivity index (χ3n) is 6.15. The van der Waals surface area contributed by atoms with Crippen LogP contribution >= 0.6 is 0 Å². The lowest BCUT2D eigenvalue weighted by Gasteiger charge is -2.51. The van der Waals surface area contributed by atoms with Gasteiger partial charge in [0.1, 0.15) is 6.61 Å². The van der Waals surface area contributed by atoms with Crippen molar-refractivity contribution in [3.63, 3.8) is 0 Å². The molecule has 0 saturated carbocycles. The van der Waals surface area contributed by atoms with Crippen LogP contribution in [0.2, 0.25) is 0 Å². The minimum Gasteiger partial charge on any atom is -0.445 e. The Bertz CT molecular complexity index is 1040. The Morgan fingerprint density at radius 2 is 1.87 bits per heavy atom. The maximum atomic E-state index is 12.9. The molecule has 1 aromatic heterocycles. The van der Waals surface area contributed by atoms with Crippen LogP contribution in [0.25, 0.3) is 10.8 Å². The molecule has 2 saturated heterocycles. The van der Waals surface area contributed by atoms with E-state index in [1.54, 1.807) is 17.3 Å². The number of morpholine rings is 1. The third kappa shape index (κ3) is 3.42. The first-order valence-electron chi connectivity index (χ1n) is 10.3. The van der Waals surface area contributed by atoms with Crippen molar-refractivity contribution in [2.45, 2.75) is 37.1 Å². The van der Waals surface area contributed by atoms with E-state index in [0.29, 0.717) is 26.1 Å². The van der Waals surface area contributed by atoms with Gasteiger partial charge in [-0.15, -0.1) is 0 Å². The molecule has 0 radical (unpaired) electrons. The van der Waals surface area contributed by atoms with Gasteiger partial charge < -0.3 is 14.6 Å². The summed E-state index contributed by atoms with van der Waals surface area (Å²) in [4.78, 5) is 18.9. The fourth-order valence-corrected chi connectivity index (χ4v) is 4.81. The van der Waals surface area contributed by atoms with Crippen molar-refractivity contribution in [2.75, 3.05) is 13.2 Å². The maximum absolute atomic E-state index is 12.9. The van der Waals surface area contributed by atoms with Crippen molar-refractivity contribution in [1.29, 1.82) is 0 Å². The number of aliphatic hydroxyl groups is 1. The highest BCUT2D eigenvalue weighted by atomic mass is 16.6. The number of carbonyl (C=O) groups is 1. The van der Waals surface area contributed by atoms with Gasteiger partial charge in [0, 0.05) is 30.6 Å². The summed E-state index contributed by atoms with van der Waals surface area (Å²) >= 11 is 0. The molecule has 0 spiro atoms. The Morgan fingerprint density at radius 1 is 1.10 bits per heavy atom. The van der Waals surface area contributed by atoms with E-state index in [2.05, 4.69) is 4.98 Å². The van der Waals surface area contributed by atoms with E-state index < -0.39 is 5.60 Å². The molecule has 154 valence electrons. The van der Waals surface area contributed by atoms with Gasteiger partial charge >= 0.3 is 6.09 Å². The highest BCUT2D eigenvalue weighted by molar-refractivity contribution is 5.85. The van der Waals surface area contributed by atoms with Crippen LogP contribution in [0, 0.1) is 0 Å². The number of nitrogens with zero attached hydrogens (tertiary/aromatic N) is 2. The first-order valence-corrected chi connectivity index (χ1v) is 10.3. The number of hydrogen-bond donors (Lipinski definition) is 1. The van der Waals surface area contributed by atoms with Crippen LogP contribution in [0.1, 0.15) is 24.0 Å². The lowest BCUT2D eigenvalue weighted by Crippen LogP contribution is -2.62. The molecule has 1 N–H and O–H groups in total. The van der Waals surface area contributed by atoms with Crippen molar-refractivity contribution in [3.8, 4) is 0 Å². The number of rotatable bonds is 3. The van der Waals surface area contributed by atoms with E-state index in [1.807, 2.05) is 54.6 Å². The van der Waals surface area contributed by atoms with E-state index in [1.165, 1.54) is 0 Å². The molecule has 2 aliphatic rings. The molecule has 2 atom stereocenters. The molecule has 5 rings (SSSR count). The number of hydrogen-bond acceptors (Lipinski definition) is 5. The van der Waals surface area contributed by atoms with Crippen molar-refractivity contribution in [2.24, 2.45) is 0 Å². The van der Waals surface area contributed by atoms with Crippen LogP contribution in [0.5, 0.6) is 0 Å². The van der Waals surface area contributed by atoms with Crippen LogP contribution in [0.15, 0.2) is 67.0 Å². The fourth-order valence-electron chi connectivity index (χ4n) is 4.81. The van der Waals surface area contributed by atoms with Crippen molar-refractivity contribution in [3.05, 3.63) is 78.1 Å². The van der Waals surface area contributed by atoms with Crippen LogP contribution in [-0.2, 0) is 21.7 Å². The molecule has 2 aliphatic heterocycles. The Morgan fingerprint density at radius 3 is 2.63 bits per heavy atom. The molecule has 3 aromatic rings. The number of amides is 1. The number of fused-ring (bicyclic) bond motifs is 3. The average molecular weight is 404 g/mol. The number of piperidine rings is 1. The smallest absolute Gasteiger partial charge is 0.410 e. The summed E-state index contributed by atoms with van der Waals surface area (Å²) in [6, 6.07) is 17.1. The maximum Gasteiger partial charge on any atom is 0.410 e. The second-order valence-electron chi connectivity index (χ2n) is 8.13. The molecule has 3 heterocycles. The van der Waals surface area contributed by atoms with Gasteiger partial charge in [0.15, 0.2) is 0 Å². The predicted molar refractivity (Wildman–Crippen MR) is 112 cm³/mol. The minimum absolute atomic E-state index is 0.232. The molecule has 2 unspecified atom stereocenters. The molecule has 30 heavy (non-hydrogen) atoms. The van der Waals surface area contributed by atoms with Crippen LogP contribution in [-0.4, -0.2) is 46.4 Å². The van der Waals surface area contributed by atoms with E-state index in [-0.39, 0.29) is 24.8 Å². The minimum atomic E-state index is -1.04. The van der Waals surface area contributed by atoms with Gasteiger partial charge in [0.2, 0.25) is 0 Å². The second-order valence-corrected chi connectivity index (χ2v) is 8.13. The summed E-state index contributed by atoms with van der Waals surface area (Å²) in [6.45, 7) is 1.01. The molecule has 2 bridgehead atoms. The zero-order valence-electron chi connectivity index (χ0n) is 16.6. The summed E-state index contributed by atoms with van der Waals surface area (Å²) < 4.78 is 11.3. The highest BCUT2D eigenvalue weighted by Crippen LogP contribution is 2.43. The molecule has 6 heteroatoms. The molecule has 6 nitrogen and oxygen atoms in total. The van der Waals surface area contributed by atoms with Gasteiger partial charge in [-0.25, -0.2) is 4.79 Å². The van der Waals surface area contributed by atoms with Gasteiger partial charge in [0.05, 0.1) is 30.9 Å². The van der Waals surface area contributed by atoms with E-state index >= 15 is 0 Å². The standard InChI is InChI=1S/C24H24N2O4/c27-23(30-14-17-5-2-1-3-6-17)26-19-11-24(28,12-20(26)16-29-15-19)22-8-4-7-18-9-10-25-13-21(18)22/h1-10,13,19-20,28H,11-12,14-16H2. The average Bonchev–Trinajstić information content (AvgIpc) is 2.77. The van der Waals surface area contributed by atoms with Gasteiger partial charge in [-0.1, -0.05) is 48.5 Å². The lowest BCUT2D eigenvalue weighted by molar-refractivity contribution is -0.136. The quantitative estimate of drug-likeness (QED) is 0.722. The lowest BCUT2D eigenvalue weighted by atomic mass is 9.76. The second kappa shape index (κ2) is 7.70. The topological polar surface area (TPSA) is 71.9 Å². The molecule has 1 amide bonds. The van der Waals surface area contributed by atoms with Crippen LogP contribution in [0.4, 0.5) is 4.79 Å². The van der Waals surface area contributed by atoms with E-state index in [9.17, 15) is 9.90 Å². The zero-order chi connectivity index (χ0) is 20.6. The Labute approximate surface area is 175 Å². The number of carbonyl (C=O) groups excluding carboxylic acids is 1. The monoisotopic (exact) mass is 404 g/mol. The number of pyridine rings is 1. The molecular weight excluding hydrogens is 380 g/mol. The summed E-state index contributed by atoms with van der Waals surface area (Å²) in [6.07, 6.45) is 4.01. The van der Waals surface area contributed by atoms with Crippen molar-refractivity contribution < 1.29 is 19.4 Å². The Hall–Kier alpha value is -2.96. The van der Waals surface area contributed by atoms with Crippen LogP contribution in [0.3, 0.4) is 0 Å². The normalized spacial score (nSPS) is 25.8. The summed E-state index contributed by atoms with van der Waals surface area (Å²) in [7, 11) is 0. The molecular formula is C24H24N2O4. The van der Waals surface area contributed by atoms with Gasteiger partial charge in [-0.3, -0.25) is 9.88 Å². The predicted octanol–water partition coefficient (Wildman–Crippen LogP) is 3.62. The molecule has 0 aliphatic carbocycles. The largest absolute Gasteiger partial charge is 0.445 e. The van der Waals surface area contributed by atoms with E-state index in [0.717, 1.165) is 21.9 Å². The van der Waals surface area contributed by atoms with Crippen molar-refractivity contribution >= 4 is 16.9 Å². The highest BCUT2D eigenvalue weighted by Gasteiger charge is 2.49. The first kappa shape index (κ1) is 19.0. The van der Waals surface area contributed by atoms with Crippen molar-refractivity contribution in [1.82, 2.24) is 9.88 Å². The fraction of sp³-hybridized carbons (Fsp3) is 0.333. The summed E-state index contributed by atoms with van der Waals surface area (Å²) in [5.74, 6) is 0. The van der Waals surface area contributed by atoms with Gasteiger partial charge in [-0.05, 0) is 22.6 Å². The summed E-state index contributed by atoms with van der Waals surface area (Å²) in [5, 5.41) is 13.7. The van der Waals surface area contributed by atoms with Gasteiger partial charge in [-0.2, -0.15) is 0 Å². The summed E-state index contributed by atoms with van der Waals surface area (Å²) in [5.41, 5.74) is 0.768. The Balaban J connectivity index is 1.38. The van der Waals surface area contributed by atoms with Crippen LogP contribution < -0.4 is 0 Å². The van der Waals surface area contributed by atoms with E-state index in [4.69, 9.17) is 9.47 Å². The Kier molecular flexibility index (Phi) is 4.89. The third-order valence-corrected chi connectivity index (χ3v) is 6.15. The zero-order valence-corrected chi connectivity index (χ0v) is 16.6. The molecule has 2 aromatic carbocycles. The van der Waals surface area contributed by atoms with Gasteiger partial charge in [0.25, 0.3) is 0 Å². The number of benzene rings is 2. The molecule has 2 fully saturated rings. The number of aromatic nitrogens is 1. The SMILES string of the molecule is O=C(OCc1ccccc1)N1C2COCC1CC(O)(c1cccc3ccncc13)C2. The number of ether oxygens (including phenoxy) is 2. The first-order chi connectivity index (χ1) is 14.6.